The lowest BCUT2D eigenvalue weighted by atomic mass is 10.1. The summed E-state index contributed by atoms with van der Waals surface area (Å²) in [6.45, 7) is 5.93. The normalized spacial score (nSPS) is 12.5. The number of aromatic nitrogens is 2. The molecule has 0 radical (unpaired) electrons. The van der Waals surface area contributed by atoms with Crippen LogP contribution in [0.4, 0.5) is 0 Å². The van der Waals surface area contributed by atoms with Crippen LogP contribution in [0.5, 0.6) is 0 Å². The number of nitrogens with zero attached hydrogens (tertiary/aromatic N) is 2. The topological polar surface area (TPSA) is 51.8 Å². The molecular weight excluding hydrogens is 322 g/mol. The maximum absolute atomic E-state index is 5.90. The second-order valence-corrected chi connectivity index (χ2v) is 6.40. The van der Waals surface area contributed by atoms with Gasteiger partial charge in [-0.25, -0.2) is 9.97 Å². The first-order valence-electron chi connectivity index (χ1n) is 6.01. The number of halogens is 1. The van der Waals surface area contributed by atoms with Gasteiger partial charge in [0.2, 0.25) is 0 Å². The number of hydrogen-bond donors (Lipinski definition) is 1. The summed E-state index contributed by atoms with van der Waals surface area (Å²) >= 11 is 5.11. The third kappa shape index (κ3) is 3.78. The summed E-state index contributed by atoms with van der Waals surface area (Å²) in [6.07, 6.45) is 0. The zero-order chi connectivity index (χ0) is 14.0. The SMILES string of the molecule is Cc1cc(C)nc(Sc2ccc([C@@H](C)N)c(Br)c2)n1. The highest BCUT2D eigenvalue weighted by Crippen LogP contribution is 2.31. The molecule has 0 saturated carbocycles. The fourth-order valence-electron chi connectivity index (χ4n) is 1.79. The molecule has 5 heteroatoms. The Morgan fingerprint density at radius 2 is 1.79 bits per heavy atom. The molecule has 1 atom stereocenters. The van der Waals surface area contributed by atoms with Gasteiger partial charge in [0.25, 0.3) is 0 Å². The van der Waals surface area contributed by atoms with E-state index in [4.69, 9.17) is 5.73 Å². The molecule has 0 fully saturated rings. The molecule has 1 aromatic carbocycles. The fraction of sp³-hybridized carbons (Fsp3) is 0.286. The maximum Gasteiger partial charge on any atom is 0.192 e. The van der Waals surface area contributed by atoms with E-state index in [9.17, 15) is 0 Å². The summed E-state index contributed by atoms with van der Waals surface area (Å²) in [5.74, 6) is 0. The Morgan fingerprint density at radius 1 is 1.16 bits per heavy atom. The predicted molar refractivity (Wildman–Crippen MR) is 82.4 cm³/mol. The molecule has 0 saturated heterocycles. The fourth-order valence-corrected chi connectivity index (χ4v) is 3.58. The molecule has 2 aromatic rings. The number of aryl methyl sites for hydroxylation is 2. The van der Waals surface area contributed by atoms with Crippen molar-refractivity contribution in [3.63, 3.8) is 0 Å². The quantitative estimate of drug-likeness (QED) is 0.859. The van der Waals surface area contributed by atoms with Gasteiger partial charge in [0, 0.05) is 26.8 Å². The lowest BCUT2D eigenvalue weighted by Crippen LogP contribution is -2.05. The standard InChI is InChI=1S/C14H16BrN3S/c1-8-6-9(2)18-14(17-8)19-11-4-5-12(10(3)16)13(15)7-11/h4-7,10H,16H2,1-3H3/t10-/m1/s1. The number of nitrogens with two attached hydrogens (primary N) is 1. The molecule has 100 valence electrons. The van der Waals surface area contributed by atoms with Crippen LogP contribution in [0, 0.1) is 13.8 Å². The van der Waals surface area contributed by atoms with Crippen LogP contribution in [-0.4, -0.2) is 9.97 Å². The van der Waals surface area contributed by atoms with Gasteiger partial charge in [-0.05, 0) is 56.3 Å². The zero-order valence-corrected chi connectivity index (χ0v) is 13.5. The van der Waals surface area contributed by atoms with Gasteiger partial charge in [-0.3, -0.25) is 0 Å². The molecule has 0 aliphatic rings. The highest BCUT2D eigenvalue weighted by molar-refractivity contribution is 9.10. The minimum atomic E-state index is 0.0193. The van der Waals surface area contributed by atoms with Gasteiger partial charge in [0.05, 0.1) is 0 Å². The van der Waals surface area contributed by atoms with Crippen molar-refractivity contribution in [3.8, 4) is 0 Å². The van der Waals surface area contributed by atoms with Gasteiger partial charge < -0.3 is 5.73 Å². The molecule has 1 aromatic heterocycles. The summed E-state index contributed by atoms with van der Waals surface area (Å²) in [4.78, 5) is 9.96. The van der Waals surface area contributed by atoms with Crippen LogP contribution in [0.25, 0.3) is 0 Å². The highest BCUT2D eigenvalue weighted by Gasteiger charge is 2.08. The molecule has 2 rings (SSSR count). The van der Waals surface area contributed by atoms with Gasteiger partial charge in [0.1, 0.15) is 0 Å². The van der Waals surface area contributed by atoms with E-state index in [1.807, 2.05) is 32.9 Å². The Kier molecular flexibility index (Phi) is 4.60. The van der Waals surface area contributed by atoms with E-state index >= 15 is 0 Å². The number of benzene rings is 1. The van der Waals surface area contributed by atoms with Gasteiger partial charge in [-0.15, -0.1) is 0 Å². The van der Waals surface area contributed by atoms with E-state index in [1.165, 1.54) is 0 Å². The highest BCUT2D eigenvalue weighted by atomic mass is 79.9. The van der Waals surface area contributed by atoms with Crippen LogP contribution >= 0.6 is 27.7 Å². The Bertz CT molecular complexity index is 579. The zero-order valence-electron chi connectivity index (χ0n) is 11.1. The first kappa shape index (κ1) is 14.5. The second-order valence-electron chi connectivity index (χ2n) is 4.51. The molecule has 0 unspecified atom stereocenters. The maximum atomic E-state index is 5.90. The van der Waals surface area contributed by atoms with Crippen LogP contribution in [0.3, 0.4) is 0 Å². The Hall–Kier alpha value is -0.910. The minimum Gasteiger partial charge on any atom is -0.324 e. The predicted octanol–water partition coefficient (Wildman–Crippen LogP) is 4.03. The monoisotopic (exact) mass is 337 g/mol. The first-order chi connectivity index (χ1) is 8.95. The minimum absolute atomic E-state index is 0.0193. The van der Waals surface area contributed by atoms with E-state index < -0.39 is 0 Å². The molecular formula is C14H16BrN3S. The number of hydrogen-bond acceptors (Lipinski definition) is 4. The van der Waals surface area contributed by atoms with E-state index in [2.05, 4.69) is 38.0 Å². The molecule has 2 N–H and O–H groups in total. The van der Waals surface area contributed by atoms with Crippen LogP contribution in [0.15, 0.2) is 38.8 Å². The van der Waals surface area contributed by atoms with Crippen molar-refractivity contribution in [2.45, 2.75) is 36.9 Å². The molecule has 0 amide bonds. The lowest BCUT2D eigenvalue weighted by molar-refractivity contribution is 0.811. The van der Waals surface area contributed by atoms with Crippen LogP contribution in [0.2, 0.25) is 0 Å². The largest absolute Gasteiger partial charge is 0.324 e. The van der Waals surface area contributed by atoms with Crippen molar-refractivity contribution < 1.29 is 0 Å². The number of rotatable bonds is 3. The lowest BCUT2D eigenvalue weighted by Gasteiger charge is -2.10. The summed E-state index contributed by atoms with van der Waals surface area (Å²) in [5.41, 5.74) is 8.97. The second kappa shape index (κ2) is 6.03. The van der Waals surface area contributed by atoms with Gasteiger partial charge in [-0.2, -0.15) is 0 Å². The third-order valence-corrected chi connectivity index (χ3v) is 4.17. The van der Waals surface area contributed by atoms with Crippen LogP contribution in [0.1, 0.15) is 29.9 Å². The summed E-state index contributed by atoms with van der Waals surface area (Å²) in [7, 11) is 0. The van der Waals surface area contributed by atoms with Crippen molar-refractivity contribution in [2.75, 3.05) is 0 Å². The Labute approximate surface area is 126 Å². The first-order valence-corrected chi connectivity index (χ1v) is 7.62. The van der Waals surface area contributed by atoms with Gasteiger partial charge in [-0.1, -0.05) is 22.0 Å². The smallest absolute Gasteiger partial charge is 0.192 e. The van der Waals surface area contributed by atoms with Gasteiger partial charge in [0.15, 0.2) is 5.16 Å². The molecule has 0 bridgehead atoms. The molecule has 1 heterocycles. The molecule has 0 aliphatic carbocycles. The van der Waals surface area contributed by atoms with Crippen molar-refractivity contribution in [1.82, 2.24) is 9.97 Å². The van der Waals surface area contributed by atoms with E-state index in [0.29, 0.717) is 0 Å². The van der Waals surface area contributed by atoms with Crippen LogP contribution in [-0.2, 0) is 0 Å². The van der Waals surface area contributed by atoms with Crippen molar-refractivity contribution in [1.29, 1.82) is 0 Å². The van der Waals surface area contributed by atoms with Gasteiger partial charge >= 0.3 is 0 Å². The van der Waals surface area contributed by atoms with E-state index in [-0.39, 0.29) is 6.04 Å². The van der Waals surface area contributed by atoms with Crippen molar-refractivity contribution in [2.24, 2.45) is 5.73 Å². The Balaban J connectivity index is 2.26. The molecule has 3 nitrogen and oxygen atoms in total. The summed E-state index contributed by atoms with van der Waals surface area (Å²) in [5, 5.41) is 0.776. The summed E-state index contributed by atoms with van der Waals surface area (Å²) < 4.78 is 1.02. The Morgan fingerprint density at radius 3 is 2.32 bits per heavy atom. The van der Waals surface area contributed by atoms with E-state index in [1.54, 1.807) is 11.8 Å². The van der Waals surface area contributed by atoms with Crippen molar-refractivity contribution in [3.05, 3.63) is 45.7 Å². The summed E-state index contributed by atoms with van der Waals surface area (Å²) in [6, 6.07) is 8.14. The average molecular weight is 338 g/mol. The molecule has 19 heavy (non-hydrogen) atoms. The third-order valence-electron chi connectivity index (χ3n) is 2.63. The van der Waals surface area contributed by atoms with Crippen LogP contribution < -0.4 is 5.73 Å². The van der Waals surface area contributed by atoms with Crippen molar-refractivity contribution >= 4 is 27.7 Å². The average Bonchev–Trinajstić information content (AvgIpc) is 2.26. The molecule has 0 aliphatic heterocycles. The van der Waals surface area contributed by atoms with E-state index in [0.717, 1.165) is 31.5 Å². The molecule has 0 spiro atoms.